The first-order valence-electron chi connectivity index (χ1n) is 6.39. The summed E-state index contributed by atoms with van der Waals surface area (Å²) in [4.78, 5) is 30.0. The molecule has 0 spiro atoms. The Morgan fingerprint density at radius 3 is 2.67 bits per heavy atom. The Morgan fingerprint density at radius 1 is 1.38 bits per heavy atom. The van der Waals surface area contributed by atoms with Gasteiger partial charge in [0.2, 0.25) is 0 Å². The number of amides is 1. The van der Waals surface area contributed by atoms with Gasteiger partial charge in [-0.25, -0.2) is 9.78 Å². The van der Waals surface area contributed by atoms with Crippen molar-refractivity contribution in [2.45, 2.75) is 13.1 Å². The molecular weight excluding hydrogens is 415 g/mol. The summed E-state index contributed by atoms with van der Waals surface area (Å²) in [6, 6.07) is 1.44. The van der Waals surface area contributed by atoms with Gasteiger partial charge in [-0.2, -0.15) is 13.2 Å². The number of alkyl halides is 3. The molecule has 0 aromatic carbocycles. The van der Waals surface area contributed by atoms with Crippen LogP contribution in [0.5, 0.6) is 0 Å². The predicted molar refractivity (Wildman–Crippen MR) is 83.0 cm³/mol. The van der Waals surface area contributed by atoms with Crippen molar-refractivity contribution in [3.05, 3.63) is 39.1 Å². The number of hydrogen-bond donors (Lipinski definition) is 1. The zero-order valence-electron chi connectivity index (χ0n) is 12.0. The monoisotopic (exact) mass is 423 g/mol. The van der Waals surface area contributed by atoms with Crippen LogP contribution in [-0.2, 0) is 10.9 Å². The Bertz CT molecular complexity index is 779. The van der Waals surface area contributed by atoms with Crippen LogP contribution in [0.15, 0.2) is 22.9 Å². The average molecular weight is 424 g/mol. The summed E-state index contributed by atoms with van der Waals surface area (Å²) in [5, 5.41) is 1.85. The van der Waals surface area contributed by atoms with Crippen LogP contribution in [0.1, 0.15) is 32.6 Å². The highest BCUT2D eigenvalue weighted by molar-refractivity contribution is 9.10. The Hall–Kier alpha value is -2.01. The van der Waals surface area contributed by atoms with Crippen LogP contribution in [0.25, 0.3) is 0 Å². The van der Waals surface area contributed by atoms with E-state index < -0.39 is 28.6 Å². The molecule has 0 aliphatic carbocycles. The minimum atomic E-state index is -4.85. The Morgan fingerprint density at radius 2 is 2.08 bits per heavy atom. The third-order valence-electron chi connectivity index (χ3n) is 2.54. The summed E-state index contributed by atoms with van der Waals surface area (Å²) in [5.74, 6) is -1.85. The second-order valence-electron chi connectivity index (χ2n) is 4.26. The highest BCUT2D eigenvalue weighted by atomic mass is 79.9. The van der Waals surface area contributed by atoms with E-state index in [0.717, 1.165) is 0 Å². The molecule has 0 unspecified atom stereocenters. The van der Waals surface area contributed by atoms with Crippen LogP contribution in [0.4, 0.5) is 18.3 Å². The van der Waals surface area contributed by atoms with Crippen LogP contribution in [-0.4, -0.2) is 28.5 Å². The lowest BCUT2D eigenvalue weighted by atomic mass is 10.3. The van der Waals surface area contributed by atoms with Crippen LogP contribution in [0.3, 0.4) is 0 Å². The van der Waals surface area contributed by atoms with Crippen molar-refractivity contribution in [3.63, 3.8) is 0 Å². The van der Waals surface area contributed by atoms with E-state index in [2.05, 4.69) is 36.0 Å². The second-order valence-corrected chi connectivity index (χ2v) is 6.18. The molecule has 2 heterocycles. The second kappa shape index (κ2) is 7.26. The molecular formula is C13H9BrF3N3O3S. The predicted octanol–water partition coefficient (Wildman–Crippen LogP) is 3.75. The summed E-state index contributed by atoms with van der Waals surface area (Å²) in [7, 11) is 0. The lowest BCUT2D eigenvalue weighted by Crippen LogP contribution is -2.14. The molecule has 0 aliphatic rings. The van der Waals surface area contributed by atoms with E-state index in [1.165, 1.54) is 25.4 Å². The number of carbonyl (C=O) groups excluding carboxylic acids is 2. The fraction of sp³-hybridized carbons (Fsp3) is 0.231. The number of ether oxygens (including phenoxy) is 1. The van der Waals surface area contributed by atoms with Gasteiger partial charge < -0.3 is 4.74 Å². The van der Waals surface area contributed by atoms with Gasteiger partial charge in [-0.15, -0.1) is 0 Å². The standard InChI is InChI=1S/C13H9BrF3N3O3S/c1-2-23-11(22)8-9(13(15,16)17)19-12(24-8)20-10(21)6-3-7(14)5-18-4-6/h3-5H,2H2,1H3,(H,19,20,21). The van der Waals surface area contributed by atoms with Gasteiger partial charge in [0.05, 0.1) is 12.2 Å². The number of thiazole rings is 1. The molecule has 0 radical (unpaired) electrons. The molecule has 0 atom stereocenters. The van der Waals surface area contributed by atoms with E-state index >= 15 is 0 Å². The minimum absolute atomic E-state index is 0.0839. The summed E-state index contributed by atoms with van der Waals surface area (Å²) in [6.45, 7) is 1.38. The molecule has 128 valence electrons. The maximum atomic E-state index is 13.0. The Kier molecular flexibility index (Phi) is 5.54. The molecule has 2 aromatic heterocycles. The van der Waals surface area contributed by atoms with Crippen LogP contribution in [0.2, 0.25) is 0 Å². The third kappa shape index (κ3) is 4.29. The largest absolute Gasteiger partial charge is 0.462 e. The number of hydrogen-bond acceptors (Lipinski definition) is 6. The summed E-state index contributed by atoms with van der Waals surface area (Å²) in [6.07, 6.45) is -2.16. The number of halogens is 4. The number of rotatable bonds is 4. The molecule has 0 saturated heterocycles. The SMILES string of the molecule is CCOC(=O)c1sc(NC(=O)c2cncc(Br)c2)nc1C(F)(F)F. The summed E-state index contributed by atoms with van der Waals surface area (Å²) in [5.41, 5.74) is -1.28. The molecule has 0 saturated carbocycles. The molecule has 1 N–H and O–H groups in total. The highest BCUT2D eigenvalue weighted by Crippen LogP contribution is 2.36. The minimum Gasteiger partial charge on any atom is -0.462 e. The van der Waals surface area contributed by atoms with Crippen molar-refractivity contribution < 1.29 is 27.5 Å². The zero-order chi connectivity index (χ0) is 17.9. The molecule has 0 fully saturated rings. The summed E-state index contributed by atoms with van der Waals surface area (Å²) < 4.78 is 44.1. The Balaban J connectivity index is 2.31. The third-order valence-corrected chi connectivity index (χ3v) is 3.93. The Labute approximate surface area is 146 Å². The quantitative estimate of drug-likeness (QED) is 0.757. The summed E-state index contributed by atoms with van der Waals surface area (Å²) >= 11 is 3.52. The molecule has 0 aliphatic heterocycles. The molecule has 2 aromatic rings. The number of esters is 1. The number of carbonyl (C=O) groups is 2. The van der Waals surface area contributed by atoms with Crippen LogP contribution in [0, 0.1) is 0 Å². The highest BCUT2D eigenvalue weighted by Gasteiger charge is 2.40. The number of pyridine rings is 1. The van der Waals surface area contributed by atoms with E-state index in [-0.39, 0.29) is 17.3 Å². The molecule has 11 heteroatoms. The topological polar surface area (TPSA) is 81.2 Å². The molecule has 24 heavy (non-hydrogen) atoms. The molecule has 0 bridgehead atoms. The lowest BCUT2D eigenvalue weighted by Gasteiger charge is -2.05. The van der Waals surface area contributed by atoms with Gasteiger partial charge in [-0.05, 0) is 28.9 Å². The lowest BCUT2D eigenvalue weighted by molar-refractivity contribution is -0.141. The van der Waals surface area contributed by atoms with E-state index in [0.29, 0.717) is 15.8 Å². The van der Waals surface area contributed by atoms with Crippen molar-refractivity contribution in [2.24, 2.45) is 0 Å². The normalized spacial score (nSPS) is 11.2. The molecule has 6 nitrogen and oxygen atoms in total. The van der Waals surface area contributed by atoms with Gasteiger partial charge in [-0.1, -0.05) is 11.3 Å². The molecule has 1 amide bonds. The number of anilines is 1. The maximum absolute atomic E-state index is 13.0. The van der Waals surface area contributed by atoms with Crippen molar-refractivity contribution >= 4 is 44.3 Å². The first-order valence-corrected chi connectivity index (χ1v) is 8.00. The van der Waals surface area contributed by atoms with E-state index in [1.54, 1.807) is 0 Å². The van der Waals surface area contributed by atoms with E-state index in [4.69, 9.17) is 0 Å². The average Bonchev–Trinajstić information content (AvgIpc) is 2.91. The van der Waals surface area contributed by atoms with Gasteiger partial charge in [0.1, 0.15) is 4.88 Å². The van der Waals surface area contributed by atoms with Crippen molar-refractivity contribution in [2.75, 3.05) is 11.9 Å². The number of nitrogens with zero attached hydrogens (tertiary/aromatic N) is 2. The first kappa shape index (κ1) is 18.3. The molecule has 2 rings (SSSR count). The fourth-order valence-corrected chi connectivity index (χ4v) is 2.85. The van der Waals surface area contributed by atoms with Gasteiger partial charge >= 0.3 is 12.1 Å². The maximum Gasteiger partial charge on any atom is 0.435 e. The zero-order valence-corrected chi connectivity index (χ0v) is 14.4. The van der Waals surface area contributed by atoms with Gasteiger partial charge in [-0.3, -0.25) is 15.1 Å². The van der Waals surface area contributed by atoms with Crippen LogP contribution >= 0.6 is 27.3 Å². The van der Waals surface area contributed by atoms with E-state index in [9.17, 15) is 22.8 Å². The van der Waals surface area contributed by atoms with Crippen molar-refractivity contribution in [3.8, 4) is 0 Å². The van der Waals surface area contributed by atoms with E-state index in [1.807, 2.05) is 0 Å². The van der Waals surface area contributed by atoms with Gasteiger partial charge in [0.15, 0.2) is 10.8 Å². The number of nitrogens with one attached hydrogen (secondary N) is 1. The smallest absolute Gasteiger partial charge is 0.435 e. The van der Waals surface area contributed by atoms with Gasteiger partial charge in [0, 0.05) is 16.9 Å². The van der Waals surface area contributed by atoms with Crippen LogP contribution < -0.4 is 5.32 Å². The van der Waals surface area contributed by atoms with Crippen molar-refractivity contribution in [1.29, 1.82) is 0 Å². The number of aromatic nitrogens is 2. The first-order chi connectivity index (χ1) is 11.2. The fourth-order valence-electron chi connectivity index (χ4n) is 1.61. The van der Waals surface area contributed by atoms with Gasteiger partial charge in [0.25, 0.3) is 5.91 Å². The van der Waals surface area contributed by atoms with Crippen molar-refractivity contribution in [1.82, 2.24) is 9.97 Å².